The number of halogens is 3. The molecule has 0 aliphatic rings. The van der Waals surface area contributed by atoms with E-state index >= 15 is 0 Å². The number of alkyl halides is 3. The third-order valence-corrected chi connectivity index (χ3v) is 2.12. The van der Waals surface area contributed by atoms with Crippen molar-refractivity contribution in [2.75, 3.05) is 13.2 Å². The molecule has 0 saturated carbocycles. The van der Waals surface area contributed by atoms with Crippen LogP contribution in [0.5, 0.6) is 5.75 Å². The first-order valence-corrected chi connectivity index (χ1v) is 5.19. The second-order valence-corrected chi connectivity index (χ2v) is 3.46. The first-order chi connectivity index (χ1) is 8.86. The number of benzene rings is 1. The van der Waals surface area contributed by atoms with Gasteiger partial charge in [0.2, 0.25) is 0 Å². The summed E-state index contributed by atoms with van der Waals surface area (Å²) < 4.78 is 42.3. The standard InChI is InChI=1S/C11H11F3N2O3/c12-11(13,14)8-3-4-10(9(7-8)16(17)18)19-6-2-1-5-15/h1-4,7H,5-6,15H2/b2-1+. The lowest BCUT2D eigenvalue weighted by molar-refractivity contribution is -0.386. The van der Waals surface area contributed by atoms with Crippen molar-refractivity contribution < 1.29 is 22.8 Å². The zero-order chi connectivity index (χ0) is 14.5. The second-order valence-electron chi connectivity index (χ2n) is 3.46. The van der Waals surface area contributed by atoms with Crippen molar-refractivity contribution in [2.45, 2.75) is 6.18 Å². The van der Waals surface area contributed by atoms with Gasteiger partial charge in [0.15, 0.2) is 5.75 Å². The zero-order valence-corrected chi connectivity index (χ0v) is 9.68. The summed E-state index contributed by atoms with van der Waals surface area (Å²) in [5.41, 5.74) is 3.36. The largest absolute Gasteiger partial charge is 0.483 e. The smallest absolute Gasteiger partial charge is 0.416 e. The SMILES string of the molecule is NC/C=C/COc1ccc(C(F)(F)F)cc1[N+](=O)[O-]. The van der Waals surface area contributed by atoms with Gasteiger partial charge in [-0.2, -0.15) is 13.2 Å². The molecule has 2 N–H and O–H groups in total. The lowest BCUT2D eigenvalue weighted by atomic mass is 10.2. The molecule has 0 amide bonds. The van der Waals surface area contributed by atoms with Crippen molar-refractivity contribution >= 4 is 5.69 Å². The van der Waals surface area contributed by atoms with Crippen LogP contribution >= 0.6 is 0 Å². The van der Waals surface area contributed by atoms with Crippen molar-refractivity contribution in [1.29, 1.82) is 0 Å². The first-order valence-electron chi connectivity index (χ1n) is 5.19. The Bertz CT molecular complexity index is 487. The number of nitro groups is 1. The average molecular weight is 276 g/mol. The van der Waals surface area contributed by atoms with Crippen LogP contribution in [-0.2, 0) is 6.18 Å². The normalized spacial score (nSPS) is 11.8. The summed E-state index contributed by atoms with van der Waals surface area (Å²) in [7, 11) is 0. The van der Waals surface area contributed by atoms with Gasteiger partial charge in [-0.25, -0.2) is 0 Å². The van der Waals surface area contributed by atoms with Crippen molar-refractivity contribution in [3.63, 3.8) is 0 Å². The van der Waals surface area contributed by atoms with Gasteiger partial charge in [-0.3, -0.25) is 10.1 Å². The molecule has 0 aliphatic carbocycles. The minimum absolute atomic E-state index is 0.0105. The van der Waals surface area contributed by atoms with E-state index in [0.29, 0.717) is 6.07 Å². The summed E-state index contributed by atoms with van der Waals surface area (Å²) in [6.45, 7) is 0.266. The summed E-state index contributed by atoms with van der Waals surface area (Å²) in [4.78, 5) is 9.79. The van der Waals surface area contributed by atoms with Gasteiger partial charge in [0.1, 0.15) is 6.61 Å². The third kappa shape index (κ3) is 4.25. The maximum absolute atomic E-state index is 12.4. The molecule has 0 atom stereocenters. The number of nitro benzene ring substituents is 1. The highest BCUT2D eigenvalue weighted by atomic mass is 19.4. The molecule has 1 aromatic rings. The molecular weight excluding hydrogens is 265 g/mol. The Morgan fingerprint density at radius 1 is 1.37 bits per heavy atom. The van der Waals surface area contributed by atoms with Crippen molar-refractivity contribution in [3.05, 3.63) is 46.0 Å². The summed E-state index contributed by atoms with van der Waals surface area (Å²) in [6.07, 6.45) is -1.56. The first kappa shape index (κ1) is 15.0. The minimum atomic E-state index is -4.64. The molecule has 0 bridgehead atoms. The summed E-state index contributed by atoms with van der Waals surface area (Å²) in [6, 6.07) is 2.11. The lowest BCUT2D eigenvalue weighted by Crippen LogP contribution is -2.07. The number of hydrogen-bond acceptors (Lipinski definition) is 4. The Labute approximate surface area is 106 Å². The van der Waals surface area contributed by atoms with Crippen LogP contribution in [-0.4, -0.2) is 18.1 Å². The molecule has 0 heterocycles. The lowest BCUT2D eigenvalue weighted by Gasteiger charge is -2.09. The molecule has 0 aliphatic heterocycles. The van der Waals surface area contributed by atoms with E-state index < -0.39 is 22.4 Å². The highest BCUT2D eigenvalue weighted by Crippen LogP contribution is 2.35. The highest BCUT2D eigenvalue weighted by molar-refractivity contribution is 5.49. The van der Waals surface area contributed by atoms with Gasteiger partial charge in [-0.15, -0.1) is 0 Å². The van der Waals surface area contributed by atoms with Crippen LogP contribution in [0, 0.1) is 10.1 Å². The van der Waals surface area contributed by atoms with Crippen LogP contribution in [0.25, 0.3) is 0 Å². The molecule has 19 heavy (non-hydrogen) atoms. The van der Waals surface area contributed by atoms with Crippen LogP contribution in [0.2, 0.25) is 0 Å². The molecular formula is C11H11F3N2O3. The maximum atomic E-state index is 12.4. The van der Waals surface area contributed by atoms with Crippen molar-refractivity contribution in [1.82, 2.24) is 0 Å². The quantitative estimate of drug-likeness (QED) is 0.509. The van der Waals surface area contributed by atoms with Crippen molar-refractivity contribution in [2.24, 2.45) is 5.73 Å². The number of ether oxygens (including phenoxy) is 1. The topological polar surface area (TPSA) is 78.4 Å². The van der Waals surface area contributed by atoms with Crippen LogP contribution < -0.4 is 10.5 Å². The minimum Gasteiger partial charge on any atom is -0.483 e. The predicted molar refractivity (Wildman–Crippen MR) is 61.8 cm³/mol. The fraction of sp³-hybridized carbons (Fsp3) is 0.273. The van der Waals surface area contributed by atoms with Gasteiger partial charge < -0.3 is 10.5 Å². The molecule has 0 radical (unpaired) electrons. The fourth-order valence-electron chi connectivity index (χ4n) is 1.26. The number of nitrogens with two attached hydrogens (primary N) is 1. The molecule has 5 nitrogen and oxygen atoms in total. The molecule has 0 spiro atoms. The molecule has 0 saturated heterocycles. The van der Waals surface area contributed by atoms with Gasteiger partial charge in [0, 0.05) is 12.6 Å². The number of nitrogens with zero attached hydrogens (tertiary/aromatic N) is 1. The van der Waals surface area contributed by atoms with Gasteiger partial charge in [0.05, 0.1) is 10.5 Å². The van der Waals surface area contributed by atoms with E-state index in [2.05, 4.69) is 0 Å². The molecule has 0 aromatic heterocycles. The van der Waals surface area contributed by atoms with Crippen molar-refractivity contribution in [3.8, 4) is 5.75 Å². The van der Waals surface area contributed by atoms with Crippen LogP contribution in [0.3, 0.4) is 0 Å². The van der Waals surface area contributed by atoms with E-state index in [-0.39, 0.29) is 18.9 Å². The number of hydrogen-bond donors (Lipinski definition) is 1. The predicted octanol–water partition coefficient (Wildman–Crippen LogP) is 2.51. The van der Waals surface area contributed by atoms with E-state index in [1.807, 2.05) is 0 Å². The van der Waals surface area contributed by atoms with E-state index in [4.69, 9.17) is 10.5 Å². The van der Waals surface area contributed by atoms with E-state index in [1.165, 1.54) is 6.08 Å². The zero-order valence-electron chi connectivity index (χ0n) is 9.68. The monoisotopic (exact) mass is 276 g/mol. The second kappa shape index (κ2) is 6.19. The molecule has 104 valence electrons. The van der Waals surface area contributed by atoms with Gasteiger partial charge in [-0.1, -0.05) is 12.2 Å². The molecule has 0 unspecified atom stereocenters. The molecule has 1 aromatic carbocycles. The fourth-order valence-corrected chi connectivity index (χ4v) is 1.26. The Morgan fingerprint density at radius 3 is 2.58 bits per heavy atom. The van der Waals surface area contributed by atoms with Crippen LogP contribution in [0.1, 0.15) is 5.56 Å². The van der Waals surface area contributed by atoms with E-state index in [1.54, 1.807) is 6.08 Å². The van der Waals surface area contributed by atoms with Gasteiger partial charge in [-0.05, 0) is 12.1 Å². The molecule has 1 rings (SSSR count). The average Bonchev–Trinajstić information content (AvgIpc) is 2.33. The Kier molecular flexibility index (Phi) is 4.87. The Hall–Kier alpha value is -2.09. The number of rotatable bonds is 5. The summed E-state index contributed by atoms with van der Waals surface area (Å²) in [5.74, 6) is -0.223. The van der Waals surface area contributed by atoms with Gasteiger partial charge >= 0.3 is 11.9 Å². The Balaban J connectivity index is 2.99. The van der Waals surface area contributed by atoms with E-state index in [0.717, 1.165) is 12.1 Å². The van der Waals surface area contributed by atoms with Crippen LogP contribution in [0.4, 0.5) is 18.9 Å². The van der Waals surface area contributed by atoms with Crippen LogP contribution in [0.15, 0.2) is 30.4 Å². The van der Waals surface area contributed by atoms with E-state index in [9.17, 15) is 23.3 Å². The Morgan fingerprint density at radius 2 is 2.05 bits per heavy atom. The van der Waals surface area contributed by atoms with Gasteiger partial charge in [0.25, 0.3) is 0 Å². The molecule has 0 fully saturated rings. The highest BCUT2D eigenvalue weighted by Gasteiger charge is 2.33. The summed E-state index contributed by atoms with van der Waals surface area (Å²) in [5, 5.41) is 10.7. The summed E-state index contributed by atoms with van der Waals surface area (Å²) >= 11 is 0. The maximum Gasteiger partial charge on any atom is 0.416 e. The third-order valence-electron chi connectivity index (χ3n) is 2.12. The molecule has 8 heteroatoms.